The Balaban J connectivity index is 1.68. The van der Waals surface area contributed by atoms with Gasteiger partial charge in [-0.15, -0.1) is 0 Å². The minimum atomic E-state index is -3.99. The Bertz CT molecular complexity index is 1120. The van der Waals surface area contributed by atoms with Gasteiger partial charge in [0, 0.05) is 24.2 Å². The first-order valence-electron chi connectivity index (χ1n) is 7.93. The molecule has 28 heavy (non-hydrogen) atoms. The molecule has 7 nitrogen and oxygen atoms in total. The lowest BCUT2D eigenvalue weighted by Crippen LogP contribution is -2.65. The van der Waals surface area contributed by atoms with E-state index in [1.54, 1.807) is 12.1 Å². The smallest absolute Gasteiger partial charge is 0.244 e. The lowest BCUT2D eigenvalue weighted by Gasteiger charge is -2.44. The van der Waals surface area contributed by atoms with Crippen molar-refractivity contribution in [2.45, 2.75) is 10.5 Å². The van der Waals surface area contributed by atoms with Crippen LogP contribution in [0, 0.1) is 28.5 Å². The van der Waals surface area contributed by atoms with Gasteiger partial charge in [-0.3, -0.25) is 0 Å². The maximum atomic E-state index is 13.6. The second-order valence-electron chi connectivity index (χ2n) is 6.29. The molecule has 0 saturated carbocycles. The maximum Gasteiger partial charge on any atom is 0.244 e. The zero-order valence-corrected chi connectivity index (χ0v) is 15.8. The molecule has 1 N–H and O–H groups in total. The Hall–Kier alpha value is -2.69. The number of nitriles is 2. The molecule has 1 heterocycles. The highest BCUT2D eigenvalue weighted by Crippen LogP contribution is 2.31. The number of nitrogens with zero attached hydrogens (tertiary/aromatic N) is 3. The summed E-state index contributed by atoms with van der Waals surface area (Å²) >= 11 is 5.79. The number of sulfonamides is 1. The van der Waals surface area contributed by atoms with Gasteiger partial charge in [-0.1, -0.05) is 11.6 Å². The fraction of sp³-hybridized carbons (Fsp3) is 0.222. The minimum Gasteiger partial charge on any atom is -0.490 e. The van der Waals surface area contributed by atoms with Crippen molar-refractivity contribution >= 4 is 21.6 Å². The van der Waals surface area contributed by atoms with E-state index in [4.69, 9.17) is 26.9 Å². The highest BCUT2D eigenvalue weighted by molar-refractivity contribution is 7.89. The van der Waals surface area contributed by atoms with Crippen LogP contribution in [0.5, 0.6) is 5.75 Å². The van der Waals surface area contributed by atoms with Crippen LogP contribution in [-0.2, 0) is 10.0 Å². The van der Waals surface area contributed by atoms with Gasteiger partial charge in [0.1, 0.15) is 40.8 Å². The second-order valence-corrected chi connectivity index (χ2v) is 8.63. The molecule has 144 valence electrons. The molecule has 1 aliphatic rings. The quantitative estimate of drug-likeness (QED) is 0.790. The third-order valence-electron chi connectivity index (χ3n) is 4.19. The average molecular weight is 422 g/mol. The minimum absolute atomic E-state index is 0.0905. The van der Waals surface area contributed by atoms with Crippen LogP contribution < -0.4 is 4.74 Å². The number of hydrogen-bond acceptors (Lipinski definition) is 6. The van der Waals surface area contributed by atoms with Crippen LogP contribution in [0.4, 0.5) is 4.39 Å². The van der Waals surface area contributed by atoms with E-state index < -0.39 is 21.4 Å². The lowest BCUT2D eigenvalue weighted by molar-refractivity contribution is -0.0868. The first kappa shape index (κ1) is 20.1. The van der Waals surface area contributed by atoms with E-state index >= 15 is 0 Å². The monoisotopic (exact) mass is 421 g/mol. The number of rotatable bonds is 5. The highest BCUT2D eigenvalue weighted by atomic mass is 35.5. The Morgan fingerprint density at radius 3 is 2.46 bits per heavy atom. The number of aliphatic hydroxyl groups is 1. The van der Waals surface area contributed by atoms with E-state index in [0.717, 1.165) is 10.4 Å². The summed E-state index contributed by atoms with van der Waals surface area (Å²) in [5.41, 5.74) is -1.69. The predicted octanol–water partition coefficient (Wildman–Crippen LogP) is 2.04. The van der Waals surface area contributed by atoms with Crippen LogP contribution in [0.1, 0.15) is 11.1 Å². The van der Waals surface area contributed by atoms with Crippen molar-refractivity contribution in [1.82, 2.24) is 4.31 Å². The Morgan fingerprint density at radius 1 is 1.18 bits per heavy atom. The SMILES string of the molecule is N#Cc1ccc(OCC2(O)CN(S(=O)(=O)c3ccc(Cl)cc3C#N)C2)cc1F. The summed E-state index contributed by atoms with van der Waals surface area (Å²) in [4.78, 5) is -0.198. The van der Waals surface area contributed by atoms with Crippen molar-refractivity contribution in [2.24, 2.45) is 0 Å². The van der Waals surface area contributed by atoms with Crippen molar-refractivity contribution in [3.63, 3.8) is 0 Å². The molecule has 0 spiro atoms. The lowest BCUT2D eigenvalue weighted by atomic mass is 9.99. The van der Waals surface area contributed by atoms with Gasteiger partial charge >= 0.3 is 0 Å². The van der Waals surface area contributed by atoms with Crippen LogP contribution in [0.15, 0.2) is 41.3 Å². The highest BCUT2D eigenvalue weighted by Gasteiger charge is 2.48. The fourth-order valence-corrected chi connectivity index (χ4v) is 4.61. The molecule has 0 bridgehead atoms. The first-order chi connectivity index (χ1) is 13.2. The molecule has 2 aromatic rings. The van der Waals surface area contributed by atoms with E-state index in [9.17, 15) is 17.9 Å². The van der Waals surface area contributed by atoms with Crippen LogP contribution in [0.25, 0.3) is 0 Å². The first-order valence-corrected chi connectivity index (χ1v) is 9.75. The molecule has 1 fully saturated rings. The number of hydrogen-bond donors (Lipinski definition) is 1. The summed E-state index contributed by atoms with van der Waals surface area (Å²) in [6.07, 6.45) is 0. The summed E-state index contributed by atoms with van der Waals surface area (Å²) in [7, 11) is -3.99. The second kappa shape index (κ2) is 7.38. The third kappa shape index (κ3) is 3.79. The fourth-order valence-electron chi connectivity index (χ4n) is 2.72. The van der Waals surface area contributed by atoms with Gasteiger partial charge in [-0.25, -0.2) is 12.8 Å². The molecular weight excluding hydrogens is 409 g/mol. The summed E-state index contributed by atoms with van der Waals surface area (Å²) in [5, 5.41) is 28.5. The van der Waals surface area contributed by atoms with Gasteiger partial charge in [-0.2, -0.15) is 14.8 Å². The van der Waals surface area contributed by atoms with Crippen molar-refractivity contribution in [1.29, 1.82) is 10.5 Å². The van der Waals surface area contributed by atoms with Gasteiger partial charge in [0.05, 0.1) is 11.1 Å². The summed E-state index contributed by atoms with van der Waals surface area (Å²) < 4.78 is 45.3. The van der Waals surface area contributed by atoms with Crippen molar-refractivity contribution in [2.75, 3.05) is 19.7 Å². The van der Waals surface area contributed by atoms with Crippen molar-refractivity contribution < 1.29 is 22.7 Å². The van der Waals surface area contributed by atoms with Crippen LogP contribution in [0.3, 0.4) is 0 Å². The van der Waals surface area contributed by atoms with Gasteiger partial charge in [0.2, 0.25) is 10.0 Å². The number of ether oxygens (including phenoxy) is 1. The number of benzene rings is 2. The van der Waals surface area contributed by atoms with Gasteiger partial charge in [-0.05, 0) is 30.3 Å². The molecule has 0 amide bonds. The Labute approximate surface area is 165 Å². The topological polar surface area (TPSA) is 114 Å². The molecule has 2 aromatic carbocycles. The summed E-state index contributed by atoms with van der Waals surface area (Å²) in [6.45, 7) is -0.765. The summed E-state index contributed by atoms with van der Waals surface area (Å²) in [5.74, 6) is -0.646. The van der Waals surface area contributed by atoms with Crippen LogP contribution >= 0.6 is 11.6 Å². The van der Waals surface area contributed by atoms with E-state index in [1.165, 1.54) is 30.3 Å². The largest absolute Gasteiger partial charge is 0.490 e. The van der Waals surface area contributed by atoms with Crippen LogP contribution in [0.2, 0.25) is 5.02 Å². The van der Waals surface area contributed by atoms with Crippen LogP contribution in [-0.4, -0.2) is 43.1 Å². The van der Waals surface area contributed by atoms with E-state index in [1.807, 2.05) is 0 Å². The Kier molecular flexibility index (Phi) is 5.28. The molecule has 1 aliphatic heterocycles. The normalized spacial score (nSPS) is 15.9. The molecular formula is C18H13ClFN3O4S. The van der Waals surface area contributed by atoms with E-state index in [2.05, 4.69) is 0 Å². The molecule has 1 saturated heterocycles. The molecule has 0 radical (unpaired) electrons. The standard InChI is InChI=1S/C18H13ClFN3O4S/c19-14-2-4-17(13(5-14)8-22)28(25,26)23-9-18(24,10-23)11-27-15-3-1-12(7-21)16(20)6-15/h1-6,24H,9-11H2. The Morgan fingerprint density at radius 2 is 1.86 bits per heavy atom. The average Bonchev–Trinajstić information content (AvgIpc) is 2.63. The zero-order valence-electron chi connectivity index (χ0n) is 14.3. The zero-order chi connectivity index (χ0) is 20.5. The van der Waals surface area contributed by atoms with Crippen molar-refractivity contribution in [3.05, 3.63) is 58.4 Å². The predicted molar refractivity (Wildman–Crippen MR) is 96.5 cm³/mol. The molecule has 3 rings (SSSR count). The molecule has 0 atom stereocenters. The summed E-state index contributed by atoms with van der Waals surface area (Å²) in [6, 6.07) is 11.0. The van der Waals surface area contributed by atoms with Gasteiger partial charge < -0.3 is 9.84 Å². The third-order valence-corrected chi connectivity index (χ3v) is 6.27. The molecule has 0 aromatic heterocycles. The molecule has 0 unspecified atom stereocenters. The van der Waals surface area contributed by atoms with E-state index in [-0.39, 0.29) is 46.5 Å². The molecule has 10 heteroatoms. The maximum absolute atomic E-state index is 13.6. The van der Waals surface area contributed by atoms with Crippen molar-refractivity contribution in [3.8, 4) is 17.9 Å². The van der Waals surface area contributed by atoms with Gasteiger partial charge in [0.25, 0.3) is 0 Å². The number of β-amino-alcohol motifs (C(OH)–C–C–N with tert-alkyl or cyclic N) is 1. The molecule has 0 aliphatic carbocycles. The van der Waals surface area contributed by atoms with Gasteiger partial charge in [0.15, 0.2) is 0 Å². The van der Waals surface area contributed by atoms with E-state index in [0.29, 0.717) is 0 Å². The number of halogens is 2.